The molecule has 1 amide bonds. The summed E-state index contributed by atoms with van der Waals surface area (Å²) in [5.41, 5.74) is 6.42. The number of nitrogens with two attached hydrogens (primary N) is 1. The molecule has 0 aliphatic carbocycles. The molecule has 0 fully saturated rings. The van der Waals surface area contributed by atoms with E-state index in [1.54, 1.807) is 17.0 Å². The van der Waals surface area contributed by atoms with Gasteiger partial charge in [0.25, 0.3) is 5.69 Å². The summed E-state index contributed by atoms with van der Waals surface area (Å²) in [5, 5.41) is 10.7. The monoisotopic (exact) mass is 309 g/mol. The van der Waals surface area contributed by atoms with Gasteiger partial charge in [-0.2, -0.15) is 0 Å². The molecule has 2 N–H and O–H groups in total. The number of ether oxygens (including phenoxy) is 1. The van der Waals surface area contributed by atoms with Crippen LogP contribution in [0.4, 0.5) is 5.69 Å². The molecule has 7 nitrogen and oxygen atoms in total. The number of nitrogens with zero attached hydrogens (tertiary/aromatic N) is 2. The molecule has 0 bridgehead atoms. The van der Waals surface area contributed by atoms with Crippen LogP contribution in [0, 0.1) is 10.1 Å². The van der Waals surface area contributed by atoms with E-state index in [2.05, 4.69) is 0 Å². The van der Waals surface area contributed by atoms with Gasteiger partial charge >= 0.3 is 0 Å². The van der Waals surface area contributed by atoms with Crippen molar-refractivity contribution in [3.05, 3.63) is 39.9 Å². The van der Waals surface area contributed by atoms with Crippen LogP contribution in [-0.2, 0) is 16.1 Å². The highest BCUT2D eigenvalue weighted by Gasteiger charge is 2.21. The highest BCUT2D eigenvalue weighted by Crippen LogP contribution is 2.16. The Bertz CT molecular complexity index is 498. The van der Waals surface area contributed by atoms with Gasteiger partial charge in [0.1, 0.15) is 0 Å². The third kappa shape index (κ3) is 5.09. The number of rotatable bonds is 8. The van der Waals surface area contributed by atoms with Crippen LogP contribution in [0.2, 0.25) is 0 Å². The van der Waals surface area contributed by atoms with E-state index in [0.717, 1.165) is 5.56 Å². The Kier molecular flexibility index (Phi) is 6.94. The van der Waals surface area contributed by atoms with E-state index in [0.29, 0.717) is 6.54 Å². The van der Waals surface area contributed by atoms with Crippen molar-refractivity contribution in [3.63, 3.8) is 0 Å². The number of hydrogen-bond acceptors (Lipinski definition) is 5. The Morgan fingerprint density at radius 1 is 1.36 bits per heavy atom. The van der Waals surface area contributed by atoms with Crippen LogP contribution in [0.15, 0.2) is 24.3 Å². The third-order valence-corrected chi connectivity index (χ3v) is 3.44. The van der Waals surface area contributed by atoms with Crippen LogP contribution in [0.5, 0.6) is 0 Å². The minimum Gasteiger partial charge on any atom is -0.380 e. The van der Waals surface area contributed by atoms with E-state index >= 15 is 0 Å². The van der Waals surface area contributed by atoms with Crippen LogP contribution >= 0.6 is 0 Å². The lowest BCUT2D eigenvalue weighted by Crippen LogP contribution is -2.39. The number of benzene rings is 1. The van der Waals surface area contributed by atoms with Crippen molar-refractivity contribution in [1.29, 1.82) is 0 Å². The molecular weight excluding hydrogens is 286 g/mol. The molecule has 0 saturated heterocycles. The summed E-state index contributed by atoms with van der Waals surface area (Å²) in [7, 11) is 1.53. The summed E-state index contributed by atoms with van der Waals surface area (Å²) in [6.45, 7) is 4.53. The number of carbonyl (C=O) groups excluding carboxylic acids is 1. The number of nitro groups is 1. The second-order valence-corrected chi connectivity index (χ2v) is 5.34. The van der Waals surface area contributed by atoms with E-state index in [1.807, 2.05) is 13.8 Å². The maximum atomic E-state index is 12.4. The SMILES string of the molecule is COC(CN)CC(=O)N(Cc1ccc([N+](=O)[O-])cc1)C(C)C. The number of nitro benzene ring substituents is 1. The fourth-order valence-corrected chi connectivity index (χ4v) is 2.05. The first-order valence-corrected chi connectivity index (χ1v) is 7.14. The maximum Gasteiger partial charge on any atom is 0.269 e. The van der Waals surface area contributed by atoms with Gasteiger partial charge < -0.3 is 15.4 Å². The van der Waals surface area contributed by atoms with Gasteiger partial charge in [-0.15, -0.1) is 0 Å². The Morgan fingerprint density at radius 3 is 2.36 bits per heavy atom. The zero-order valence-electron chi connectivity index (χ0n) is 13.2. The molecule has 0 saturated carbocycles. The van der Waals surface area contributed by atoms with Crippen LogP contribution in [0.3, 0.4) is 0 Å². The lowest BCUT2D eigenvalue weighted by molar-refractivity contribution is -0.384. The number of amides is 1. The molecule has 1 atom stereocenters. The maximum absolute atomic E-state index is 12.4. The molecule has 122 valence electrons. The summed E-state index contributed by atoms with van der Waals surface area (Å²) in [6.07, 6.45) is -0.0800. The number of non-ortho nitro benzene ring substituents is 1. The molecule has 1 aromatic carbocycles. The van der Waals surface area contributed by atoms with Crippen LogP contribution < -0.4 is 5.73 Å². The molecule has 1 aromatic rings. The Hall–Kier alpha value is -1.99. The standard InChI is InChI=1S/C15H23N3O4/c1-11(2)17(15(19)8-14(9-16)22-3)10-12-4-6-13(7-5-12)18(20)21/h4-7,11,14H,8-10,16H2,1-3H3. The largest absolute Gasteiger partial charge is 0.380 e. The quantitative estimate of drug-likeness (QED) is 0.582. The van der Waals surface area contributed by atoms with Gasteiger partial charge in [-0.05, 0) is 19.4 Å². The highest BCUT2D eigenvalue weighted by molar-refractivity contribution is 5.77. The molecule has 7 heteroatoms. The second kappa shape index (κ2) is 8.45. The fraction of sp³-hybridized carbons (Fsp3) is 0.533. The predicted molar refractivity (Wildman–Crippen MR) is 83.3 cm³/mol. The lowest BCUT2D eigenvalue weighted by atomic mass is 10.1. The average Bonchev–Trinajstić information content (AvgIpc) is 2.50. The lowest BCUT2D eigenvalue weighted by Gasteiger charge is -2.28. The van der Waals surface area contributed by atoms with Crippen molar-refractivity contribution in [2.24, 2.45) is 5.73 Å². The van der Waals surface area contributed by atoms with Crippen LogP contribution in [0.1, 0.15) is 25.8 Å². The van der Waals surface area contributed by atoms with Crippen molar-refractivity contribution in [2.75, 3.05) is 13.7 Å². The molecule has 1 rings (SSSR count). The minimum atomic E-state index is -0.445. The van der Waals surface area contributed by atoms with Gasteiger partial charge in [-0.1, -0.05) is 12.1 Å². The van der Waals surface area contributed by atoms with Crippen molar-refractivity contribution in [2.45, 2.75) is 39.0 Å². The van der Waals surface area contributed by atoms with Crippen molar-refractivity contribution in [1.82, 2.24) is 4.90 Å². The fourth-order valence-electron chi connectivity index (χ4n) is 2.05. The second-order valence-electron chi connectivity index (χ2n) is 5.34. The van der Waals surface area contributed by atoms with Gasteiger partial charge in [0.2, 0.25) is 5.91 Å². The molecule has 22 heavy (non-hydrogen) atoms. The van der Waals surface area contributed by atoms with Gasteiger partial charge in [0.15, 0.2) is 0 Å². The molecule has 0 spiro atoms. The predicted octanol–water partition coefficient (Wildman–Crippen LogP) is 1.70. The van der Waals surface area contributed by atoms with Crippen LogP contribution in [0.25, 0.3) is 0 Å². The molecule has 0 heterocycles. The first-order chi connectivity index (χ1) is 10.4. The first kappa shape index (κ1) is 18.1. The van der Waals surface area contributed by atoms with Gasteiger partial charge in [-0.3, -0.25) is 14.9 Å². The normalized spacial score (nSPS) is 12.2. The van der Waals surface area contributed by atoms with E-state index < -0.39 is 4.92 Å². The van der Waals surface area contributed by atoms with Crippen molar-refractivity contribution < 1.29 is 14.5 Å². The summed E-state index contributed by atoms with van der Waals surface area (Å²) in [4.78, 5) is 24.3. The van der Waals surface area contributed by atoms with E-state index in [9.17, 15) is 14.9 Å². The third-order valence-electron chi connectivity index (χ3n) is 3.44. The van der Waals surface area contributed by atoms with Crippen LogP contribution in [-0.4, -0.2) is 41.5 Å². The Labute approximate surface area is 130 Å². The smallest absolute Gasteiger partial charge is 0.269 e. The molecule has 0 aliphatic rings. The molecule has 1 unspecified atom stereocenters. The van der Waals surface area contributed by atoms with Crippen molar-refractivity contribution in [3.8, 4) is 0 Å². The Balaban J connectivity index is 2.79. The summed E-state index contributed by atoms with van der Waals surface area (Å²) in [5.74, 6) is -0.0503. The van der Waals surface area contributed by atoms with E-state index in [-0.39, 0.29) is 36.7 Å². The number of hydrogen-bond donors (Lipinski definition) is 1. The van der Waals surface area contributed by atoms with E-state index in [1.165, 1.54) is 19.2 Å². The molecule has 0 aromatic heterocycles. The number of methoxy groups -OCH3 is 1. The summed E-state index contributed by atoms with van der Waals surface area (Å²) < 4.78 is 5.14. The number of carbonyl (C=O) groups is 1. The first-order valence-electron chi connectivity index (χ1n) is 7.14. The van der Waals surface area contributed by atoms with Gasteiger partial charge in [-0.25, -0.2) is 0 Å². The molecule has 0 aliphatic heterocycles. The van der Waals surface area contributed by atoms with Gasteiger partial charge in [0.05, 0.1) is 17.4 Å². The Morgan fingerprint density at radius 2 is 1.95 bits per heavy atom. The average molecular weight is 309 g/mol. The molecular formula is C15H23N3O4. The summed E-state index contributed by atoms with van der Waals surface area (Å²) in [6, 6.07) is 6.22. The summed E-state index contributed by atoms with van der Waals surface area (Å²) >= 11 is 0. The minimum absolute atomic E-state index is 0.0120. The van der Waals surface area contributed by atoms with Gasteiger partial charge in [0, 0.05) is 38.4 Å². The zero-order chi connectivity index (χ0) is 16.7. The highest BCUT2D eigenvalue weighted by atomic mass is 16.6. The molecule has 0 radical (unpaired) electrons. The topological polar surface area (TPSA) is 98.7 Å². The zero-order valence-corrected chi connectivity index (χ0v) is 13.2. The van der Waals surface area contributed by atoms with E-state index in [4.69, 9.17) is 10.5 Å². The van der Waals surface area contributed by atoms with Crippen molar-refractivity contribution >= 4 is 11.6 Å².